The first-order valence-corrected chi connectivity index (χ1v) is 15.3. The van der Waals surface area contributed by atoms with Gasteiger partial charge < -0.3 is 14.0 Å². The zero-order chi connectivity index (χ0) is 29.4. The number of imidazole rings is 2. The number of aryl methyl sites for hydroxylation is 2. The number of hydrogen-bond acceptors (Lipinski definition) is 6. The second-order valence-corrected chi connectivity index (χ2v) is 12.8. The summed E-state index contributed by atoms with van der Waals surface area (Å²) in [6.45, 7) is 3.84. The Hall–Kier alpha value is -4.51. The van der Waals surface area contributed by atoms with Crippen molar-refractivity contribution >= 4 is 9.84 Å². The van der Waals surface area contributed by atoms with Crippen LogP contribution in [0.5, 0.6) is 11.5 Å². The molecule has 1 fully saturated rings. The van der Waals surface area contributed by atoms with E-state index in [2.05, 4.69) is 9.72 Å². The molecule has 3 heterocycles. The number of aromatic nitrogens is 4. The third-order valence-corrected chi connectivity index (χ3v) is 8.59. The number of halogens is 2. The fourth-order valence-corrected chi connectivity index (χ4v) is 5.99. The molecule has 0 saturated heterocycles. The van der Waals surface area contributed by atoms with Gasteiger partial charge in [-0.1, -0.05) is 18.2 Å². The van der Waals surface area contributed by atoms with Crippen LogP contribution in [-0.4, -0.2) is 40.1 Å². The van der Waals surface area contributed by atoms with Crippen molar-refractivity contribution in [3.05, 3.63) is 90.3 Å². The Kier molecular flexibility index (Phi) is 5.81. The van der Waals surface area contributed by atoms with Crippen LogP contribution in [0.15, 0.2) is 78.0 Å². The van der Waals surface area contributed by atoms with Crippen LogP contribution in [-0.2, 0) is 9.84 Å². The average Bonchev–Trinajstić information content (AvgIpc) is 3.48. The predicted molar refractivity (Wildman–Crippen MR) is 152 cm³/mol. The highest BCUT2D eigenvalue weighted by molar-refractivity contribution is 7.90. The Labute approximate surface area is 241 Å². The van der Waals surface area contributed by atoms with Gasteiger partial charge in [0.15, 0.2) is 21.3 Å². The molecule has 7 rings (SSSR count). The number of benzene rings is 3. The van der Waals surface area contributed by atoms with E-state index < -0.39 is 16.1 Å². The van der Waals surface area contributed by atoms with Gasteiger partial charge in [-0.3, -0.25) is 4.57 Å². The predicted octanol–water partition coefficient (Wildman–Crippen LogP) is 6.61. The van der Waals surface area contributed by atoms with Crippen LogP contribution in [0.3, 0.4) is 0 Å². The molecule has 1 aliphatic heterocycles. The molecule has 2 aromatic heterocycles. The maximum Gasteiger partial charge on any atom is 0.586 e. The summed E-state index contributed by atoms with van der Waals surface area (Å²) in [5.74, 6) is 1.61. The van der Waals surface area contributed by atoms with E-state index in [4.69, 9.17) is 9.72 Å². The first-order valence-electron chi connectivity index (χ1n) is 13.4. The van der Waals surface area contributed by atoms with Gasteiger partial charge in [-0.25, -0.2) is 18.4 Å². The summed E-state index contributed by atoms with van der Waals surface area (Å²) in [7, 11) is -3.41. The monoisotopic (exact) mass is 588 g/mol. The number of hydrogen-bond donors (Lipinski definition) is 0. The smallest absolute Gasteiger partial charge is 0.395 e. The molecule has 0 radical (unpaired) electrons. The van der Waals surface area contributed by atoms with Crippen LogP contribution in [0.2, 0.25) is 0 Å². The van der Waals surface area contributed by atoms with E-state index in [9.17, 15) is 17.2 Å². The second-order valence-electron chi connectivity index (χ2n) is 10.8. The highest BCUT2D eigenvalue weighted by Gasteiger charge is 2.43. The van der Waals surface area contributed by atoms with Crippen molar-refractivity contribution in [2.45, 2.75) is 43.8 Å². The molecule has 11 heteroatoms. The van der Waals surface area contributed by atoms with E-state index in [1.165, 1.54) is 18.4 Å². The third kappa shape index (κ3) is 4.73. The van der Waals surface area contributed by atoms with Gasteiger partial charge in [0.2, 0.25) is 0 Å². The minimum absolute atomic E-state index is 0.0363. The van der Waals surface area contributed by atoms with Crippen molar-refractivity contribution in [2.24, 2.45) is 0 Å². The summed E-state index contributed by atoms with van der Waals surface area (Å²) in [4.78, 5) is 9.88. The summed E-state index contributed by atoms with van der Waals surface area (Å²) in [6, 6.07) is 17.4. The summed E-state index contributed by atoms with van der Waals surface area (Å²) in [5.41, 5.74) is 5.43. The van der Waals surface area contributed by atoms with Crippen molar-refractivity contribution in [3.63, 3.8) is 0 Å². The summed E-state index contributed by atoms with van der Waals surface area (Å²) in [6.07, 6.45) is 3.38. The molecule has 1 saturated carbocycles. The average molecular weight is 589 g/mol. The van der Waals surface area contributed by atoms with Crippen LogP contribution in [0, 0.1) is 13.8 Å². The molecule has 0 atom stereocenters. The largest absolute Gasteiger partial charge is 0.586 e. The summed E-state index contributed by atoms with van der Waals surface area (Å²) < 4.78 is 65.4. The van der Waals surface area contributed by atoms with Gasteiger partial charge in [0.05, 0.1) is 27.7 Å². The van der Waals surface area contributed by atoms with Crippen LogP contribution in [0.25, 0.3) is 33.9 Å². The Morgan fingerprint density at radius 2 is 1.64 bits per heavy atom. The minimum Gasteiger partial charge on any atom is -0.395 e. The molecule has 0 unspecified atom stereocenters. The molecule has 2 aliphatic rings. The zero-order valence-electron chi connectivity index (χ0n) is 23.0. The van der Waals surface area contributed by atoms with Gasteiger partial charge in [-0.15, -0.1) is 8.78 Å². The highest BCUT2D eigenvalue weighted by Crippen LogP contribution is 2.45. The van der Waals surface area contributed by atoms with Gasteiger partial charge in [-0.05, 0) is 74.2 Å². The number of nitrogens with zero attached hydrogens (tertiary/aromatic N) is 4. The van der Waals surface area contributed by atoms with Crippen molar-refractivity contribution in [3.8, 4) is 45.4 Å². The molecule has 1 aliphatic carbocycles. The highest BCUT2D eigenvalue weighted by atomic mass is 32.2. The van der Waals surface area contributed by atoms with E-state index in [1.54, 1.807) is 24.3 Å². The minimum atomic E-state index is -3.73. The molecule has 0 bridgehead atoms. The first kappa shape index (κ1) is 26.4. The normalized spacial score (nSPS) is 15.7. The lowest BCUT2D eigenvalue weighted by molar-refractivity contribution is -0.286. The SMILES string of the molecule is Cc1cn(-c2ccc(-c3cccc(S(C)(=O)=O)c3)cc2-c2nc(C3CC3)cn2-c2ccc3c(c2)OC(F)(F)O3)c(C)n1. The lowest BCUT2D eigenvalue weighted by Crippen LogP contribution is -2.25. The summed E-state index contributed by atoms with van der Waals surface area (Å²) in [5, 5.41) is 0. The van der Waals surface area contributed by atoms with Gasteiger partial charge in [0.1, 0.15) is 11.6 Å². The fraction of sp³-hybridized carbons (Fsp3) is 0.226. The van der Waals surface area contributed by atoms with Gasteiger partial charge in [0.25, 0.3) is 0 Å². The van der Waals surface area contributed by atoms with E-state index >= 15 is 0 Å². The quantitative estimate of drug-likeness (QED) is 0.222. The van der Waals surface area contributed by atoms with E-state index in [-0.39, 0.29) is 16.4 Å². The zero-order valence-corrected chi connectivity index (χ0v) is 23.8. The van der Waals surface area contributed by atoms with Crippen molar-refractivity contribution < 1.29 is 26.7 Å². The maximum atomic E-state index is 13.8. The van der Waals surface area contributed by atoms with Crippen LogP contribution >= 0.6 is 0 Å². The number of sulfone groups is 1. The lowest BCUT2D eigenvalue weighted by Gasteiger charge is -2.16. The third-order valence-electron chi connectivity index (χ3n) is 7.48. The Morgan fingerprint density at radius 1 is 0.881 bits per heavy atom. The number of fused-ring (bicyclic) bond motifs is 1. The molecule has 42 heavy (non-hydrogen) atoms. The van der Waals surface area contributed by atoms with Crippen LogP contribution in [0.1, 0.15) is 36.0 Å². The topological polar surface area (TPSA) is 88.2 Å². The fourth-order valence-electron chi connectivity index (χ4n) is 5.32. The maximum absolute atomic E-state index is 13.8. The number of ether oxygens (including phenoxy) is 2. The van der Waals surface area contributed by atoms with Crippen LogP contribution in [0.4, 0.5) is 8.78 Å². The van der Waals surface area contributed by atoms with E-state index in [1.807, 2.05) is 59.6 Å². The van der Waals surface area contributed by atoms with E-state index in [0.717, 1.165) is 52.4 Å². The molecule has 5 aromatic rings. The Balaban J connectivity index is 1.45. The molecule has 0 N–H and O–H groups in total. The molecule has 8 nitrogen and oxygen atoms in total. The standard InChI is InChI=1S/C31H26F2N4O4S/c1-18-16-36(19(2)34-18)27-11-9-22(21-5-4-6-24(13-21)42(3,38)39)14-25(27)30-35-26(20-7-8-20)17-37(30)23-10-12-28-29(15-23)41-31(32,33)40-28/h4-6,9-17,20H,7-8H2,1-3H3. The summed E-state index contributed by atoms with van der Waals surface area (Å²) >= 11 is 0. The molecule has 214 valence electrons. The Morgan fingerprint density at radius 3 is 2.36 bits per heavy atom. The van der Waals surface area contributed by atoms with Gasteiger partial charge in [-0.2, -0.15) is 0 Å². The van der Waals surface area contributed by atoms with Crippen molar-refractivity contribution in [2.75, 3.05) is 6.26 Å². The second kappa shape index (κ2) is 9.25. The molecular formula is C31H26F2N4O4S. The number of alkyl halides is 2. The van der Waals surface area contributed by atoms with Crippen LogP contribution < -0.4 is 9.47 Å². The molecule has 0 amide bonds. The van der Waals surface area contributed by atoms with Crippen molar-refractivity contribution in [1.82, 2.24) is 19.1 Å². The van der Waals surface area contributed by atoms with E-state index in [0.29, 0.717) is 17.4 Å². The van der Waals surface area contributed by atoms with Gasteiger partial charge >= 0.3 is 6.29 Å². The van der Waals surface area contributed by atoms with Crippen molar-refractivity contribution in [1.29, 1.82) is 0 Å². The molecule has 0 spiro atoms. The molecule has 3 aromatic carbocycles. The Bertz CT molecular complexity index is 1990. The lowest BCUT2D eigenvalue weighted by atomic mass is 10.0. The first-order chi connectivity index (χ1) is 19.9. The number of rotatable bonds is 6. The molecular weight excluding hydrogens is 562 g/mol. The van der Waals surface area contributed by atoms with Gasteiger partial charge in [0, 0.05) is 36.2 Å².